The van der Waals surface area contributed by atoms with Gasteiger partial charge < -0.3 is 10.2 Å². The van der Waals surface area contributed by atoms with Crippen molar-refractivity contribution >= 4 is 28.6 Å². The maximum absolute atomic E-state index is 13.1. The van der Waals surface area contributed by atoms with Gasteiger partial charge in [-0.15, -0.1) is 11.3 Å². The van der Waals surface area contributed by atoms with E-state index in [-0.39, 0.29) is 18.1 Å². The molecule has 6 heteroatoms. The van der Waals surface area contributed by atoms with Gasteiger partial charge in [0.25, 0.3) is 0 Å². The van der Waals surface area contributed by atoms with Gasteiger partial charge in [0.15, 0.2) is 0 Å². The van der Waals surface area contributed by atoms with E-state index in [2.05, 4.69) is 27.3 Å². The molecule has 144 valence electrons. The van der Waals surface area contributed by atoms with Crippen LogP contribution < -0.4 is 10.2 Å². The summed E-state index contributed by atoms with van der Waals surface area (Å²) in [5.74, 6) is -0.362. The van der Waals surface area contributed by atoms with Gasteiger partial charge in [0, 0.05) is 35.4 Å². The fourth-order valence-corrected chi connectivity index (χ4v) is 4.26. The normalized spacial score (nSPS) is 13.7. The van der Waals surface area contributed by atoms with Crippen molar-refractivity contribution < 1.29 is 9.18 Å². The van der Waals surface area contributed by atoms with Crippen LogP contribution in [0.2, 0.25) is 0 Å². The number of carbonyl (C=O) groups is 1. The van der Waals surface area contributed by atoms with Crippen LogP contribution in [0.15, 0.2) is 47.8 Å². The quantitative estimate of drug-likeness (QED) is 0.658. The van der Waals surface area contributed by atoms with Crippen LogP contribution in [0.4, 0.5) is 15.8 Å². The molecule has 4 nitrogen and oxygen atoms in total. The number of thiazole rings is 1. The van der Waals surface area contributed by atoms with Gasteiger partial charge >= 0.3 is 0 Å². The van der Waals surface area contributed by atoms with Crippen LogP contribution in [0.1, 0.15) is 24.1 Å². The van der Waals surface area contributed by atoms with Crippen molar-refractivity contribution in [3.05, 3.63) is 64.9 Å². The Balaban J connectivity index is 1.40. The number of aryl methyl sites for hydroxylation is 1. The van der Waals surface area contributed by atoms with Gasteiger partial charge in [-0.05, 0) is 67.8 Å². The summed E-state index contributed by atoms with van der Waals surface area (Å²) < 4.78 is 13.1. The second kappa shape index (κ2) is 8.10. The molecule has 1 fully saturated rings. The van der Waals surface area contributed by atoms with Crippen LogP contribution in [-0.2, 0) is 11.2 Å². The third-order valence-electron chi connectivity index (χ3n) is 4.94. The van der Waals surface area contributed by atoms with Gasteiger partial charge in [-0.3, -0.25) is 4.79 Å². The van der Waals surface area contributed by atoms with Gasteiger partial charge in [-0.1, -0.05) is 0 Å². The number of hydrogen-bond acceptors (Lipinski definition) is 4. The summed E-state index contributed by atoms with van der Waals surface area (Å²) in [5, 5.41) is 5.65. The molecule has 0 spiro atoms. The minimum atomic E-state index is -0.272. The summed E-state index contributed by atoms with van der Waals surface area (Å²) in [7, 11) is 0. The first-order valence-corrected chi connectivity index (χ1v) is 10.3. The average Bonchev–Trinajstić information content (AvgIpc) is 3.36. The first-order chi connectivity index (χ1) is 13.6. The van der Waals surface area contributed by atoms with Crippen molar-refractivity contribution in [3.63, 3.8) is 0 Å². The van der Waals surface area contributed by atoms with Gasteiger partial charge in [-0.2, -0.15) is 0 Å². The van der Waals surface area contributed by atoms with E-state index in [4.69, 9.17) is 0 Å². The number of amides is 1. The van der Waals surface area contributed by atoms with Crippen LogP contribution in [0, 0.1) is 12.7 Å². The van der Waals surface area contributed by atoms with Crippen molar-refractivity contribution in [2.75, 3.05) is 23.3 Å². The highest BCUT2D eigenvalue weighted by Gasteiger charge is 2.14. The number of aromatic nitrogens is 1. The highest BCUT2D eigenvalue weighted by atomic mass is 32.1. The molecule has 2 heterocycles. The fraction of sp³-hybridized carbons (Fsp3) is 0.273. The van der Waals surface area contributed by atoms with Gasteiger partial charge in [0.05, 0.1) is 12.1 Å². The highest BCUT2D eigenvalue weighted by Crippen LogP contribution is 2.26. The standard InChI is InChI=1S/C22H22FN3OS/c1-15-12-19(26-10-2-3-11-26)8-9-20(15)25-21(27)13-18-14-28-22(24-18)16-4-6-17(23)7-5-16/h4-9,12,14H,2-3,10-11,13H2,1H3,(H,25,27). The van der Waals surface area contributed by atoms with Crippen molar-refractivity contribution in [2.45, 2.75) is 26.2 Å². The van der Waals surface area contributed by atoms with E-state index in [9.17, 15) is 9.18 Å². The van der Waals surface area contributed by atoms with Gasteiger partial charge in [-0.25, -0.2) is 9.37 Å². The molecular formula is C22H22FN3OS. The van der Waals surface area contributed by atoms with Crippen LogP contribution >= 0.6 is 11.3 Å². The molecule has 1 amide bonds. The monoisotopic (exact) mass is 395 g/mol. The molecule has 1 saturated heterocycles. The van der Waals surface area contributed by atoms with E-state index in [1.54, 1.807) is 12.1 Å². The Hall–Kier alpha value is -2.73. The number of carbonyl (C=O) groups excluding carboxylic acids is 1. The number of hydrogen-bond donors (Lipinski definition) is 1. The summed E-state index contributed by atoms with van der Waals surface area (Å²) >= 11 is 1.46. The predicted octanol–water partition coefficient (Wildman–Crippen LogP) is 5.04. The Kier molecular flexibility index (Phi) is 5.39. The van der Waals surface area contributed by atoms with E-state index >= 15 is 0 Å². The largest absolute Gasteiger partial charge is 0.372 e. The molecular weight excluding hydrogens is 373 g/mol. The third kappa shape index (κ3) is 4.22. The zero-order valence-electron chi connectivity index (χ0n) is 15.7. The molecule has 0 bridgehead atoms. The lowest BCUT2D eigenvalue weighted by Gasteiger charge is -2.19. The van der Waals surface area contributed by atoms with E-state index in [1.807, 2.05) is 18.4 Å². The molecule has 1 aliphatic heterocycles. The topological polar surface area (TPSA) is 45.2 Å². The van der Waals surface area contributed by atoms with Crippen LogP contribution in [0.25, 0.3) is 10.6 Å². The third-order valence-corrected chi connectivity index (χ3v) is 5.88. The first kappa shape index (κ1) is 18.6. The maximum Gasteiger partial charge on any atom is 0.230 e. The number of halogens is 1. The molecule has 4 rings (SSSR count). The molecule has 1 aromatic heterocycles. The number of nitrogens with one attached hydrogen (secondary N) is 1. The Labute approximate surface area is 168 Å². The van der Waals surface area contributed by atoms with E-state index in [1.165, 1.54) is 42.0 Å². The smallest absolute Gasteiger partial charge is 0.230 e. The molecule has 0 saturated carbocycles. The Morgan fingerprint density at radius 1 is 1.18 bits per heavy atom. The number of rotatable bonds is 5. The molecule has 0 aliphatic carbocycles. The zero-order valence-corrected chi connectivity index (χ0v) is 16.6. The minimum absolute atomic E-state index is 0.0898. The Bertz CT molecular complexity index is 978. The highest BCUT2D eigenvalue weighted by molar-refractivity contribution is 7.13. The summed E-state index contributed by atoms with van der Waals surface area (Å²) in [6.45, 7) is 4.22. The molecule has 2 aromatic carbocycles. The van der Waals surface area contributed by atoms with Crippen LogP contribution in [-0.4, -0.2) is 24.0 Å². The molecule has 0 radical (unpaired) electrons. The fourth-order valence-electron chi connectivity index (χ4n) is 3.43. The Morgan fingerprint density at radius 3 is 2.64 bits per heavy atom. The summed E-state index contributed by atoms with van der Waals surface area (Å²) in [4.78, 5) is 19.3. The maximum atomic E-state index is 13.1. The summed E-state index contributed by atoms with van der Waals surface area (Å²) in [6, 6.07) is 12.4. The lowest BCUT2D eigenvalue weighted by atomic mass is 10.1. The lowest BCUT2D eigenvalue weighted by Crippen LogP contribution is -2.18. The van der Waals surface area contributed by atoms with E-state index < -0.39 is 0 Å². The second-order valence-corrected chi connectivity index (χ2v) is 7.93. The molecule has 28 heavy (non-hydrogen) atoms. The second-order valence-electron chi connectivity index (χ2n) is 7.07. The van der Waals surface area contributed by atoms with Gasteiger partial charge in [0.1, 0.15) is 10.8 Å². The van der Waals surface area contributed by atoms with E-state index in [0.29, 0.717) is 5.69 Å². The molecule has 3 aromatic rings. The summed E-state index contributed by atoms with van der Waals surface area (Å²) in [5.41, 5.74) is 4.68. The lowest BCUT2D eigenvalue weighted by molar-refractivity contribution is -0.115. The molecule has 0 unspecified atom stereocenters. The first-order valence-electron chi connectivity index (χ1n) is 9.44. The molecule has 1 N–H and O–H groups in total. The van der Waals surface area contributed by atoms with Crippen LogP contribution in [0.5, 0.6) is 0 Å². The van der Waals surface area contributed by atoms with Gasteiger partial charge in [0.2, 0.25) is 5.91 Å². The average molecular weight is 396 g/mol. The number of nitrogens with zero attached hydrogens (tertiary/aromatic N) is 2. The molecule has 0 atom stereocenters. The number of benzene rings is 2. The van der Waals surface area contributed by atoms with Crippen LogP contribution in [0.3, 0.4) is 0 Å². The van der Waals surface area contributed by atoms with Crippen molar-refractivity contribution in [3.8, 4) is 10.6 Å². The minimum Gasteiger partial charge on any atom is -0.372 e. The van der Waals surface area contributed by atoms with Crippen molar-refractivity contribution in [2.24, 2.45) is 0 Å². The van der Waals surface area contributed by atoms with E-state index in [0.717, 1.165) is 34.9 Å². The van der Waals surface area contributed by atoms with Crippen molar-refractivity contribution in [1.82, 2.24) is 4.98 Å². The number of anilines is 2. The van der Waals surface area contributed by atoms with Crippen molar-refractivity contribution in [1.29, 1.82) is 0 Å². The molecule has 1 aliphatic rings. The predicted molar refractivity (Wildman–Crippen MR) is 112 cm³/mol. The SMILES string of the molecule is Cc1cc(N2CCCC2)ccc1NC(=O)Cc1csc(-c2ccc(F)cc2)n1. The zero-order chi connectivity index (χ0) is 19.5. The summed E-state index contributed by atoms with van der Waals surface area (Å²) in [6.07, 6.45) is 2.70. The Morgan fingerprint density at radius 2 is 1.93 bits per heavy atom.